The van der Waals surface area contributed by atoms with Gasteiger partial charge in [0, 0.05) is 35.1 Å². The van der Waals surface area contributed by atoms with Crippen molar-refractivity contribution in [3.05, 3.63) is 131 Å². The third kappa shape index (κ3) is 9.85. The highest BCUT2D eigenvalue weighted by molar-refractivity contribution is 5.97. The number of halogens is 1. The highest BCUT2D eigenvalue weighted by Crippen LogP contribution is 2.27. The van der Waals surface area contributed by atoms with Crippen LogP contribution in [0.25, 0.3) is 0 Å². The van der Waals surface area contributed by atoms with Crippen LogP contribution in [0.4, 0.5) is 25.4 Å². The monoisotopic (exact) mass is 678 g/mol. The standard InChI is InChI=1S/C40H43FN4O5/c1-27(46)32-10-6-12-35(24-32)42-39(48)43-37(23-29-8-4-3-5-9-29)38(26-45(40(49)50)36-13-7-11-33(25-36)28(2)47)44-20-18-31(19-21-44)22-30-14-16-34(41)17-15-30/h3-17,24-25,31,37-38H,18-23,26H2,1-2H3,(H,49,50)(H2,42,43,48). The Balaban J connectivity index is 1.45. The average Bonchev–Trinajstić information content (AvgIpc) is 3.10. The maximum absolute atomic E-state index is 13.7. The lowest BCUT2D eigenvalue weighted by atomic mass is 9.88. The number of nitrogens with one attached hydrogen (secondary N) is 2. The minimum Gasteiger partial charge on any atom is -0.465 e. The Hall–Kier alpha value is -5.35. The van der Waals surface area contributed by atoms with Crippen molar-refractivity contribution < 1.29 is 28.7 Å². The molecule has 1 saturated heterocycles. The highest BCUT2D eigenvalue weighted by atomic mass is 19.1. The van der Waals surface area contributed by atoms with Gasteiger partial charge >= 0.3 is 12.1 Å². The number of urea groups is 1. The van der Waals surface area contributed by atoms with Gasteiger partial charge in [-0.15, -0.1) is 0 Å². The molecule has 1 heterocycles. The minimum atomic E-state index is -1.18. The minimum absolute atomic E-state index is 0.0247. The Morgan fingerprint density at radius 1 is 0.820 bits per heavy atom. The van der Waals surface area contributed by atoms with Crippen LogP contribution in [-0.4, -0.2) is 65.4 Å². The summed E-state index contributed by atoms with van der Waals surface area (Å²) in [6.07, 6.45) is 1.73. The number of benzene rings is 4. The van der Waals surface area contributed by atoms with Gasteiger partial charge in [0.05, 0.1) is 6.04 Å². The summed E-state index contributed by atoms with van der Waals surface area (Å²) in [5.74, 6) is -0.207. The van der Waals surface area contributed by atoms with Crippen LogP contribution in [0.3, 0.4) is 0 Å². The van der Waals surface area contributed by atoms with Crippen LogP contribution >= 0.6 is 0 Å². The molecule has 3 amide bonds. The van der Waals surface area contributed by atoms with Crippen molar-refractivity contribution in [2.24, 2.45) is 5.92 Å². The molecule has 0 spiro atoms. The van der Waals surface area contributed by atoms with Crippen molar-refractivity contribution in [1.29, 1.82) is 0 Å². The number of Topliss-reactive ketones (excluding diaryl/α,β-unsaturated/α-hetero) is 2. The van der Waals surface area contributed by atoms with E-state index in [4.69, 9.17) is 0 Å². The lowest BCUT2D eigenvalue weighted by Gasteiger charge is -2.43. The molecule has 50 heavy (non-hydrogen) atoms. The number of nitrogens with zero attached hydrogens (tertiary/aromatic N) is 2. The molecule has 1 aliphatic heterocycles. The van der Waals surface area contributed by atoms with Gasteiger partial charge in [-0.1, -0.05) is 66.7 Å². The molecule has 3 N–H and O–H groups in total. The first-order valence-corrected chi connectivity index (χ1v) is 16.9. The first kappa shape index (κ1) is 35.9. The van der Waals surface area contributed by atoms with Crippen LogP contribution in [-0.2, 0) is 12.8 Å². The Kier molecular flexibility index (Phi) is 12.1. The zero-order valence-electron chi connectivity index (χ0n) is 28.3. The molecule has 1 aliphatic rings. The van der Waals surface area contributed by atoms with E-state index in [2.05, 4.69) is 15.5 Å². The largest absolute Gasteiger partial charge is 0.465 e. The van der Waals surface area contributed by atoms with Crippen LogP contribution in [0.1, 0.15) is 58.5 Å². The molecule has 10 heteroatoms. The molecule has 2 atom stereocenters. The van der Waals surface area contributed by atoms with Crippen molar-refractivity contribution in [2.75, 3.05) is 29.9 Å². The van der Waals surface area contributed by atoms with E-state index in [1.807, 2.05) is 42.5 Å². The van der Waals surface area contributed by atoms with Crippen molar-refractivity contribution in [3.63, 3.8) is 0 Å². The fourth-order valence-electron chi connectivity index (χ4n) is 6.62. The SMILES string of the molecule is CC(=O)c1cccc(NC(=O)NC(Cc2ccccc2)C(CN(C(=O)O)c2cccc(C(C)=O)c2)N2CCC(Cc3ccc(F)cc3)CC2)c1. The quantitative estimate of drug-likeness (QED) is 0.126. The zero-order chi connectivity index (χ0) is 35.6. The second kappa shape index (κ2) is 16.8. The molecule has 0 bridgehead atoms. The smallest absolute Gasteiger partial charge is 0.411 e. The lowest BCUT2D eigenvalue weighted by molar-refractivity contribution is 0.100. The maximum atomic E-state index is 13.7. The summed E-state index contributed by atoms with van der Waals surface area (Å²) in [6, 6.07) is 28.1. The van der Waals surface area contributed by atoms with Crippen LogP contribution in [0.5, 0.6) is 0 Å². The van der Waals surface area contributed by atoms with E-state index in [0.717, 1.165) is 30.4 Å². The third-order valence-corrected chi connectivity index (χ3v) is 9.33. The van der Waals surface area contributed by atoms with E-state index in [9.17, 15) is 28.7 Å². The van der Waals surface area contributed by atoms with Crippen molar-refractivity contribution >= 4 is 35.1 Å². The number of carboxylic acid groups (broad SMARTS) is 1. The molecule has 0 aliphatic carbocycles. The number of ketones is 2. The van der Waals surface area contributed by atoms with Crippen LogP contribution < -0.4 is 15.5 Å². The average molecular weight is 679 g/mol. The van der Waals surface area contributed by atoms with E-state index in [0.29, 0.717) is 47.9 Å². The molecule has 9 nitrogen and oxygen atoms in total. The normalized spacial score (nSPS) is 14.7. The fourth-order valence-corrected chi connectivity index (χ4v) is 6.62. The second-order valence-corrected chi connectivity index (χ2v) is 12.9. The van der Waals surface area contributed by atoms with Gasteiger partial charge in [0.1, 0.15) is 5.82 Å². The highest BCUT2D eigenvalue weighted by Gasteiger charge is 2.35. The van der Waals surface area contributed by atoms with E-state index >= 15 is 0 Å². The number of amides is 3. The Morgan fingerprint density at radius 3 is 2.10 bits per heavy atom. The van der Waals surface area contributed by atoms with Gasteiger partial charge in [0.2, 0.25) is 0 Å². The van der Waals surface area contributed by atoms with Crippen molar-refractivity contribution in [2.45, 2.75) is 51.6 Å². The molecule has 4 aromatic rings. The summed E-state index contributed by atoms with van der Waals surface area (Å²) < 4.78 is 13.5. The fraction of sp³-hybridized carbons (Fsp3) is 0.300. The number of piperidine rings is 1. The van der Waals surface area contributed by atoms with Gasteiger partial charge in [-0.25, -0.2) is 14.0 Å². The summed E-state index contributed by atoms with van der Waals surface area (Å²) >= 11 is 0. The van der Waals surface area contributed by atoms with Crippen molar-refractivity contribution in [3.8, 4) is 0 Å². The Bertz CT molecular complexity index is 1790. The summed E-state index contributed by atoms with van der Waals surface area (Å²) in [6.45, 7) is 4.24. The summed E-state index contributed by atoms with van der Waals surface area (Å²) in [5.41, 5.74) is 3.73. The zero-order valence-corrected chi connectivity index (χ0v) is 28.3. The van der Waals surface area contributed by atoms with Crippen LogP contribution in [0.2, 0.25) is 0 Å². The molecule has 0 radical (unpaired) electrons. The molecular weight excluding hydrogens is 635 g/mol. The van der Waals surface area contributed by atoms with E-state index in [-0.39, 0.29) is 23.9 Å². The third-order valence-electron chi connectivity index (χ3n) is 9.33. The molecular formula is C40H43FN4O5. The summed E-state index contributed by atoms with van der Waals surface area (Å²) in [7, 11) is 0. The van der Waals surface area contributed by atoms with Gasteiger partial charge in [-0.2, -0.15) is 0 Å². The molecule has 260 valence electrons. The molecule has 5 rings (SSSR count). The number of anilines is 2. The van der Waals surface area contributed by atoms with Gasteiger partial charge in [-0.3, -0.25) is 19.4 Å². The molecule has 4 aromatic carbocycles. The summed E-state index contributed by atoms with van der Waals surface area (Å²) in [4.78, 5) is 54.2. The van der Waals surface area contributed by atoms with Gasteiger partial charge < -0.3 is 15.7 Å². The van der Waals surface area contributed by atoms with E-state index in [1.165, 1.54) is 30.9 Å². The van der Waals surface area contributed by atoms with E-state index in [1.54, 1.807) is 48.5 Å². The predicted octanol–water partition coefficient (Wildman–Crippen LogP) is 7.47. The Morgan fingerprint density at radius 2 is 1.46 bits per heavy atom. The number of carbonyl (C=O) groups is 4. The lowest BCUT2D eigenvalue weighted by Crippen LogP contribution is -2.60. The number of hydrogen-bond acceptors (Lipinski definition) is 5. The first-order chi connectivity index (χ1) is 24.0. The molecule has 0 aromatic heterocycles. The topological polar surface area (TPSA) is 119 Å². The Labute approximate surface area is 292 Å². The molecule has 0 saturated carbocycles. The number of hydrogen-bond donors (Lipinski definition) is 3. The van der Waals surface area contributed by atoms with E-state index < -0.39 is 24.2 Å². The van der Waals surface area contributed by atoms with Gasteiger partial charge in [0.15, 0.2) is 11.6 Å². The maximum Gasteiger partial charge on any atom is 0.411 e. The first-order valence-electron chi connectivity index (χ1n) is 16.9. The number of likely N-dealkylation sites (tertiary alicyclic amines) is 1. The van der Waals surface area contributed by atoms with Gasteiger partial charge in [-0.05, 0) is 106 Å². The predicted molar refractivity (Wildman–Crippen MR) is 193 cm³/mol. The van der Waals surface area contributed by atoms with Crippen LogP contribution in [0.15, 0.2) is 103 Å². The molecule has 1 fully saturated rings. The van der Waals surface area contributed by atoms with Gasteiger partial charge in [0.25, 0.3) is 0 Å². The van der Waals surface area contributed by atoms with Crippen molar-refractivity contribution in [1.82, 2.24) is 10.2 Å². The number of rotatable bonds is 13. The number of carbonyl (C=O) groups excluding carboxylic acids is 3. The summed E-state index contributed by atoms with van der Waals surface area (Å²) in [5, 5.41) is 16.5. The molecule has 2 unspecified atom stereocenters. The van der Waals surface area contributed by atoms with Crippen LogP contribution in [0, 0.1) is 11.7 Å². The second-order valence-electron chi connectivity index (χ2n) is 12.9.